The number of benzene rings is 1. The Labute approximate surface area is 126 Å². The Morgan fingerprint density at radius 3 is 2.62 bits per heavy atom. The second-order valence-corrected chi connectivity index (χ2v) is 6.49. The summed E-state index contributed by atoms with van der Waals surface area (Å²) < 4.78 is 26.4. The van der Waals surface area contributed by atoms with Crippen molar-refractivity contribution in [1.29, 1.82) is 0 Å². The van der Waals surface area contributed by atoms with E-state index in [1.165, 1.54) is 4.31 Å². The van der Waals surface area contributed by atoms with Gasteiger partial charge in [-0.05, 0) is 37.1 Å². The summed E-state index contributed by atoms with van der Waals surface area (Å²) in [4.78, 5) is 0.248. The summed E-state index contributed by atoms with van der Waals surface area (Å²) in [5.74, 6) is 5.67. The fourth-order valence-corrected chi connectivity index (χ4v) is 3.50. The summed E-state index contributed by atoms with van der Waals surface area (Å²) in [6.45, 7) is 4.52. The van der Waals surface area contributed by atoms with Gasteiger partial charge in [-0.15, -0.1) is 0 Å². The molecule has 0 spiro atoms. The molecule has 0 fully saturated rings. The van der Waals surface area contributed by atoms with Crippen molar-refractivity contribution in [3.05, 3.63) is 29.3 Å². The van der Waals surface area contributed by atoms with Crippen molar-refractivity contribution >= 4 is 10.0 Å². The van der Waals surface area contributed by atoms with Crippen LogP contribution in [0, 0.1) is 18.8 Å². The first-order valence-corrected chi connectivity index (χ1v) is 8.32. The van der Waals surface area contributed by atoms with Gasteiger partial charge >= 0.3 is 0 Å². The van der Waals surface area contributed by atoms with Crippen molar-refractivity contribution < 1.29 is 13.5 Å². The third-order valence-electron chi connectivity index (χ3n) is 3.08. The molecule has 0 saturated carbocycles. The van der Waals surface area contributed by atoms with E-state index < -0.39 is 10.0 Å². The zero-order chi connectivity index (χ0) is 15.9. The van der Waals surface area contributed by atoms with Crippen LogP contribution in [0.15, 0.2) is 23.1 Å². The van der Waals surface area contributed by atoms with E-state index in [2.05, 4.69) is 11.8 Å². The van der Waals surface area contributed by atoms with Gasteiger partial charge in [0.25, 0.3) is 0 Å². The van der Waals surface area contributed by atoms with Crippen molar-refractivity contribution in [3.63, 3.8) is 0 Å². The highest BCUT2D eigenvalue weighted by Crippen LogP contribution is 2.19. The van der Waals surface area contributed by atoms with Crippen LogP contribution >= 0.6 is 0 Å². The minimum Gasteiger partial charge on any atom is -0.396 e. The molecule has 5 nitrogen and oxygen atoms in total. The minimum absolute atomic E-state index is 0.0291. The molecule has 0 unspecified atom stereocenters. The molecule has 116 valence electrons. The number of rotatable bonds is 6. The highest BCUT2D eigenvalue weighted by atomic mass is 32.2. The number of nitrogens with zero attached hydrogens (tertiary/aromatic N) is 1. The van der Waals surface area contributed by atoms with Gasteiger partial charge in [-0.1, -0.05) is 18.8 Å². The van der Waals surface area contributed by atoms with Gasteiger partial charge in [-0.2, -0.15) is 4.31 Å². The molecule has 3 N–H and O–H groups in total. The smallest absolute Gasteiger partial charge is 0.243 e. The molecule has 0 aliphatic carbocycles. The van der Waals surface area contributed by atoms with Gasteiger partial charge in [0.15, 0.2) is 0 Å². The van der Waals surface area contributed by atoms with Crippen molar-refractivity contribution in [2.75, 3.05) is 26.2 Å². The van der Waals surface area contributed by atoms with Crippen LogP contribution in [0.4, 0.5) is 0 Å². The van der Waals surface area contributed by atoms with E-state index in [1.807, 2.05) is 6.92 Å². The zero-order valence-electron chi connectivity index (χ0n) is 12.5. The summed E-state index contributed by atoms with van der Waals surface area (Å²) in [5, 5.41) is 8.86. The molecule has 0 heterocycles. The van der Waals surface area contributed by atoms with Gasteiger partial charge in [-0.25, -0.2) is 8.42 Å². The molecule has 0 bridgehead atoms. The number of hydrogen-bond acceptors (Lipinski definition) is 4. The predicted molar refractivity (Wildman–Crippen MR) is 83.2 cm³/mol. The SMILES string of the molecule is CCN(CCCO)S(=O)(=O)c1ccc(C#CCN)c(C)c1. The Morgan fingerprint density at radius 2 is 2.10 bits per heavy atom. The van der Waals surface area contributed by atoms with Crippen molar-refractivity contribution in [2.45, 2.75) is 25.2 Å². The maximum absolute atomic E-state index is 12.5. The van der Waals surface area contributed by atoms with Crippen LogP contribution in [0.2, 0.25) is 0 Å². The maximum Gasteiger partial charge on any atom is 0.243 e. The number of hydrogen-bond donors (Lipinski definition) is 2. The second kappa shape index (κ2) is 8.15. The Hall–Kier alpha value is -1.39. The average molecular weight is 310 g/mol. The third-order valence-corrected chi connectivity index (χ3v) is 5.05. The molecule has 0 aliphatic heterocycles. The summed E-state index contributed by atoms with van der Waals surface area (Å²) in [6.07, 6.45) is 0.423. The van der Waals surface area contributed by atoms with E-state index in [0.29, 0.717) is 19.5 Å². The van der Waals surface area contributed by atoms with Crippen LogP contribution in [-0.4, -0.2) is 44.1 Å². The number of sulfonamides is 1. The first kappa shape index (κ1) is 17.7. The lowest BCUT2D eigenvalue weighted by Gasteiger charge is -2.20. The molecule has 6 heteroatoms. The summed E-state index contributed by atoms with van der Waals surface area (Å²) >= 11 is 0. The fourth-order valence-electron chi connectivity index (χ4n) is 1.93. The zero-order valence-corrected chi connectivity index (χ0v) is 13.3. The van der Waals surface area contributed by atoms with Crippen LogP contribution in [0.3, 0.4) is 0 Å². The Bertz CT molecular complexity index is 630. The quantitative estimate of drug-likeness (QED) is 0.758. The molecule has 0 aromatic heterocycles. The summed E-state index contributed by atoms with van der Waals surface area (Å²) in [5.41, 5.74) is 6.91. The monoisotopic (exact) mass is 310 g/mol. The lowest BCUT2D eigenvalue weighted by Crippen LogP contribution is -2.32. The highest BCUT2D eigenvalue weighted by Gasteiger charge is 2.22. The van der Waals surface area contributed by atoms with Crippen LogP contribution in [-0.2, 0) is 10.0 Å². The van der Waals surface area contributed by atoms with Crippen molar-refractivity contribution in [1.82, 2.24) is 4.31 Å². The predicted octanol–water partition coefficient (Wildman–Crippen LogP) is 0.698. The molecule has 0 atom stereocenters. The molecule has 21 heavy (non-hydrogen) atoms. The van der Waals surface area contributed by atoms with Gasteiger partial charge < -0.3 is 10.8 Å². The number of aliphatic hydroxyl groups excluding tert-OH is 1. The Morgan fingerprint density at radius 1 is 1.38 bits per heavy atom. The van der Waals surface area contributed by atoms with Crippen LogP contribution in [0.1, 0.15) is 24.5 Å². The number of aliphatic hydroxyl groups is 1. The first-order chi connectivity index (χ1) is 9.97. The second-order valence-electron chi connectivity index (χ2n) is 4.56. The van der Waals surface area contributed by atoms with Crippen molar-refractivity contribution in [3.8, 4) is 11.8 Å². The normalized spacial score (nSPS) is 11.3. The van der Waals surface area contributed by atoms with Crippen LogP contribution in [0.25, 0.3) is 0 Å². The summed E-state index contributed by atoms with van der Waals surface area (Å²) in [7, 11) is -3.53. The van der Waals surface area contributed by atoms with Gasteiger partial charge in [0.2, 0.25) is 10.0 Å². The standard InChI is InChI=1S/C15H22N2O3S/c1-3-17(10-5-11-18)21(19,20)15-8-7-14(6-4-9-16)13(2)12-15/h7-8,12,18H,3,5,9-11,16H2,1-2H3. The average Bonchev–Trinajstić information content (AvgIpc) is 2.46. The lowest BCUT2D eigenvalue weighted by molar-refractivity contribution is 0.271. The fraction of sp³-hybridized carbons (Fsp3) is 0.467. The lowest BCUT2D eigenvalue weighted by atomic mass is 10.1. The van der Waals surface area contributed by atoms with E-state index in [1.54, 1.807) is 25.1 Å². The molecule has 1 rings (SSSR count). The molecule has 0 radical (unpaired) electrons. The molecular weight excluding hydrogens is 288 g/mol. The van der Waals surface area contributed by atoms with Crippen molar-refractivity contribution in [2.24, 2.45) is 5.73 Å². The van der Waals surface area contributed by atoms with Gasteiger partial charge in [0.05, 0.1) is 11.4 Å². The van der Waals surface area contributed by atoms with E-state index in [4.69, 9.17) is 10.8 Å². The van der Waals surface area contributed by atoms with Gasteiger partial charge in [0, 0.05) is 25.3 Å². The molecular formula is C15H22N2O3S. The molecule has 1 aromatic rings. The number of aryl methyl sites for hydroxylation is 1. The van der Waals surface area contributed by atoms with E-state index in [-0.39, 0.29) is 18.0 Å². The highest BCUT2D eigenvalue weighted by molar-refractivity contribution is 7.89. The Balaban J connectivity index is 3.11. The number of nitrogens with two attached hydrogens (primary N) is 1. The van der Waals surface area contributed by atoms with E-state index >= 15 is 0 Å². The van der Waals surface area contributed by atoms with Crippen LogP contribution in [0.5, 0.6) is 0 Å². The van der Waals surface area contributed by atoms with Gasteiger partial charge in [-0.3, -0.25) is 0 Å². The maximum atomic E-state index is 12.5. The molecule has 0 amide bonds. The van der Waals surface area contributed by atoms with E-state index in [9.17, 15) is 8.42 Å². The van der Waals surface area contributed by atoms with Gasteiger partial charge in [0.1, 0.15) is 0 Å². The Kier molecular flexibility index (Phi) is 6.85. The molecule has 1 aromatic carbocycles. The first-order valence-electron chi connectivity index (χ1n) is 6.88. The minimum atomic E-state index is -3.53. The summed E-state index contributed by atoms with van der Waals surface area (Å²) in [6, 6.07) is 4.88. The topological polar surface area (TPSA) is 83.6 Å². The van der Waals surface area contributed by atoms with E-state index in [0.717, 1.165) is 11.1 Å². The van der Waals surface area contributed by atoms with Crippen LogP contribution < -0.4 is 5.73 Å². The molecule has 0 saturated heterocycles. The molecule has 0 aliphatic rings. The third kappa shape index (κ3) is 4.55. The largest absolute Gasteiger partial charge is 0.396 e.